The lowest BCUT2D eigenvalue weighted by molar-refractivity contribution is -0.113. The lowest BCUT2D eigenvalue weighted by Gasteiger charge is -2.08. The van der Waals surface area contributed by atoms with Crippen molar-refractivity contribution in [1.82, 2.24) is 14.8 Å². The van der Waals surface area contributed by atoms with E-state index in [0.717, 1.165) is 5.56 Å². The summed E-state index contributed by atoms with van der Waals surface area (Å²) in [6.45, 7) is 4.26. The van der Waals surface area contributed by atoms with Gasteiger partial charge in [-0.15, -0.1) is 16.8 Å². The monoisotopic (exact) mass is 402 g/mol. The fourth-order valence-corrected chi connectivity index (χ4v) is 3.33. The van der Waals surface area contributed by atoms with Gasteiger partial charge in [-0.25, -0.2) is 4.39 Å². The second kappa shape index (κ2) is 8.83. The van der Waals surface area contributed by atoms with E-state index in [2.05, 4.69) is 22.1 Å². The van der Waals surface area contributed by atoms with Crippen molar-refractivity contribution in [2.45, 2.75) is 11.7 Å². The van der Waals surface area contributed by atoms with Crippen molar-refractivity contribution in [3.63, 3.8) is 0 Å². The molecule has 3 aromatic rings. The molecule has 1 aromatic heterocycles. The summed E-state index contributed by atoms with van der Waals surface area (Å²) in [5, 5.41) is 12.3. The highest BCUT2D eigenvalue weighted by molar-refractivity contribution is 7.99. The Kier molecular flexibility index (Phi) is 6.26. The molecule has 0 atom stereocenters. The minimum absolute atomic E-state index is 0.141. The van der Waals surface area contributed by atoms with Gasteiger partial charge in [-0.2, -0.15) is 0 Å². The van der Waals surface area contributed by atoms with Crippen molar-refractivity contribution in [2.75, 3.05) is 11.1 Å². The van der Waals surface area contributed by atoms with Gasteiger partial charge in [0.1, 0.15) is 5.82 Å². The molecule has 1 N–H and O–H groups in total. The largest absolute Gasteiger partial charge is 0.325 e. The van der Waals surface area contributed by atoms with Gasteiger partial charge in [-0.05, 0) is 36.4 Å². The number of anilines is 1. The van der Waals surface area contributed by atoms with E-state index in [0.29, 0.717) is 28.2 Å². The molecule has 2 aromatic carbocycles. The summed E-state index contributed by atoms with van der Waals surface area (Å²) in [5.74, 6) is 0.221. The number of amides is 1. The van der Waals surface area contributed by atoms with E-state index in [-0.39, 0.29) is 17.5 Å². The molecule has 27 heavy (non-hydrogen) atoms. The Balaban J connectivity index is 1.72. The summed E-state index contributed by atoms with van der Waals surface area (Å²) in [6.07, 6.45) is 1.74. The summed E-state index contributed by atoms with van der Waals surface area (Å²) < 4.78 is 14.8. The van der Waals surface area contributed by atoms with Gasteiger partial charge in [-0.1, -0.05) is 41.6 Å². The van der Waals surface area contributed by atoms with Crippen LogP contribution < -0.4 is 5.32 Å². The summed E-state index contributed by atoms with van der Waals surface area (Å²) in [7, 11) is 0. The smallest absolute Gasteiger partial charge is 0.234 e. The van der Waals surface area contributed by atoms with Crippen LogP contribution in [0.15, 0.2) is 66.3 Å². The van der Waals surface area contributed by atoms with E-state index in [1.165, 1.54) is 36.0 Å². The number of nitrogens with zero attached hydrogens (tertiary/aromatic N) is 3. The molecule has 3 rings (SSSR count). The van der Waals surface area contributed by atoms with Crippen LogP contribution in [0.25, 0.3) is 11.4 Å². The predicted octanol–water partition coefficient (Wildman–Crippen LogP) is 4.65. The maximum atomic E-state index is 12.9. The molecule has 0 saturated carbocycles. The van der Waals surface area contributed by atoms with Gasteiger partial charge in [-0.3, -0.25) is 9.36 Å². The van der Waals surface area contributed by atoms with E-state index < -0.39 is 0 Å². The highest BCUT2D eigenvalue weighted by Crippen LogP contribution is 2.26. The van der Waals surface area contributed by atoms with E-state index in [1.807, 2.05) is 16.7 Å². The zero-order chi connectivity index (χ0) is 19.2. The molecule has 0 aliphatic heterocycles. The standard InChI is InChI=1S/C19H16ClFN4OS/c1-2-10-25-18(13-4-3-5-14(20)11-13)23-24-19(25)27-12-17(26)22-16-8-6-15(21)7-9-16/h2-9,11H,1,10,12H2,(H,22,26). The van der Waals surface area contributed by atoms with E-state index >= 15 is 0 Å². The lowest BCUT2D eigenvalue weighted by Crippen LogP contribution is -2.14. The summed E-state index contributed by atoms with van der Waals surface area (Å²) in [6, 6.07) is 12.9. The fourth-order valence-electron chi connectivity index (χ4n) is 2.39. The molecule has 1 heterocycles. The van der Waals surface area contributed by atoms with Crippen molar-refractivity contribution in [2.24, 2.45) is 0 Å². The first-order valence-electron chi connectivity index (χ1n) is 8.05. The Bertz CT molecular complexity index is 959. The Morgan fingerprint density at radius 3 is 2.74 bits per heavy atom. The topological polar surface area (TPSA) is 59.8 Å². The third-order valence-corrected chi connectivity index (χ3v) is 4.77. The average molecular weight is 403 g/mol. The third kappa shape index (κ3) is 4.96. The molecule has 138 valence electrons. The van der Waals surface area contributed by atoms with Gasteiger partial charge in [0.25, 0.3) is 0 Å². The Morgan fingerprint density at radius 1 is 1.26 bits per heavy atom. The summed E-state index contributed by atoms with van der Waals surface area (Å²) in [5.41, 5.74) is 1.37. The fraction of sp³-hybridized carbons (Fsp3) is 0.105. The van der Waals surface area contributed by atoms with E-state index in [4.69, 9.17) is 11.6 Å². The molecule has 0 unspecified atom stereocenters. The number of nitrogens with one attached hydrogen (secondary N) is 1. The zero-order valence-electron chi connectivity index (χ0n) is 14.2. The van der Waals surface area contributed by atoms with Gasteiger partial charge in [0.2, 0.25) is 5.91 Å². The van der Waals surface area contributed by atoms with Crippen LogP contribution in [0.1, 0.15) is 0 Å². The third-order valence-electron chi connectivity index (χ3n) is 3.57. The molecule has 0 spiro atoms. The van der Waals surface area contributed by atoms with Crippen LogP contribution in [0.4, 0.5) is 10.1 Å². The second-order valence-corrected chi connectivity index (χ2v) is 6.94. The second-order valence-electron chi connectivity index (χ2n) is 5.56. The number of hydrogen-bond donors (Lipinski definition) is 1. The highest BCUT2D eigenvalue weighted by Gasteiger charge is 2.15. The van der Waals surface area contributed by atoms with Crippen molar-refractivity contribution in [3.05, 3.63) is 72.0 Å². The van der Waals surface area contributed by atoms with Gasteiger partial charge in [0, 0.05) is 22.8 Å². The number of carbonyl (C=O) groups excluding carboxylic acids is 1. The van der Waals surface area contributed by atoms with Crippen LogP contribution >= 0.6 is 23.4 Å². The molecule has 0 aliphatic rings. The number of aromatic nitrogens is 3. The van der Waals surface area contributed by atoms with Gasteiger partial charge in [0.05, 0.1) is 5.75 Å². The lowest BCUT2D eigenvalue weighted by atomic mass is 10.2. The number of thioether (sulfide) groups is 1. The normalized spacial score (nSPS) is 10.6. The summed E-state index contributed by atoms with van der Waals surface area (Å²) >= 11 is 7.32. The predicted molar refractivity (Wildman–Crippen MR) is 106 cm³/mol. The van der Waals surface area contributed by atoms with Gasteiger partial charge in [0.15, 0.2) is 11.0 Å². The highest BCUT2D eigenvalue weighted by atomic mass is 35.5. The summed E-state index contributed by atoms with van der Waals surface area (Å²) in [4.78, 5) is 12.1. The Morgan fingerprint density at radius 2 is 2.04 bits per heavy atom. The maximum Gasteiger partial charge on any atom is 0.234 e. The molecule has 0 saturated heterocycles. The van der Waals surface area contributed by atoms with Crippen molar-refractivity contribution in [1.29, 1.82) is 0 Å². The zero-order valence-corrected chi connectivity index (χ0v) is 15.8. The van der Waals surface area contributed by atoms with Crippen LogP contribution in [0.3, 0.4) is 0 Å². The van der Waals surface area contributed by atoms with Crippen LogP contribution in [0, 0.1) is 5.82 Å². The molecular formula is C19H16ClFN4OS. The van der Waals surface area contributed by atoms with Crippen LogP contribution in [0.5, 0.6) is 0 Å². The maximum absolute atomic E-state index is 12.9. The Hall–Kier alpha value is -2.64. The first kappa shape index (κ1) is 19.1. The molecule has 8 heteroatoms. The van der Waals surface area contributed by atoms with Gasteiger partial charge < -0.3 is 5.32 Å². The minimum Gasteiger partial charge on any atom is -0.325 e. The minimum atomic E-state index is -0.353. The molecule has 0 fully saturated rings. The average Bonchev–Trinajstić information content (AvgIpc) is 3.05. The van der Waals surface area contributed by atoms with Crippen LogP contribution in [0.2, 0.25) is 5.02 Å². The van der Waals surface area contributed by atoms with Crippen molar-refractivity contribution in [3.8, 4) is 11.4 Å². The first-order chi connectivity index (χ1) is 13.1. The van der Waals surface area contributed by atoms with Crippen molar-refractivity contribution >= 4 is 35.0 Å². The number of carbonyl (C=O) groups is 1. The molecule has 0 bridgehead atoms. The molecular weight excluding hydrogens is 387 g/mol. The van der Waals surface area contributed by atoms with Crippen LogP contribution in [-0.4, -0.2) is 26.4 Å². The first-order valence-corrected chi connectivity index (χ1v) is 9.41. The quantitative estimate of drug-likeness (QED) is 0.461. The SMILES string of the molecule is C=CCn1c(SCC(=O)Nc2ccc(F)cc2)nnc1-c1cccc(Cl)c1. The number of allylic oxidation sites excluding steroid dienone is 1. The number of benzene rings is 2. The number of hydrogen-bond acceptors (Lipinski definition) is 4. The molecule has 0 aliphatic carbocycles. The van der Waals surface area contributed by atoms with Crippen molar-refractivity contribution < 1.29 is 9.18 Å². The van der Waals surface area contributed by atoms with Crippen LogP contribution in [-0.2, 0) is 11.3 Å². The Labute approximate surface area is 165 Å². The van der Waals surface area contributed by atoms with E-state index in [1.54, 1.807) is 18.2 Å². The van der Waals surface area contributed by atoms with Gasteiger partial charge >= 0.3 is 0 Å². The molecule has 5 nitrogen and oxygen atoms in total. The number of rotatable bonds is 7. The molecule has 0 radical (unpaired) electrons. The van der Waals surface area contributed by atoms with E-state index in [9.17, 15) is 9.18 Å². The molecule has 1 amide bonds. The number of halogens is 2.